The summed E-state index contributed by atoms with van der Waals surface area (Å²) < 4.78 is 5.07. The Morgan fingerprint density at radius 2 is 1.72 bits per heavy atom. The summed E-state index contributed by atoms with van der Waals surface area (Å²) in [5.41, 5.74) is 1.52. The molecule has 0 atom stereocenters. The highest BCUT2D eigenvalue weighted by atomic mass is 35.5. The maximum atomic E-state index is 11.7. The Hall–Kier alpha value is -2.06. The van der Waals surface area contributed by atoms with Crippen LogP contribution in [0.3, 0.4) is 0 Å². The molecule has 3 heteroatoms. The van der Waals surface area contributed by atoms with E-state index < -0.39 is 0 Å². The molecule has 0 spiro atoms. The van der Waals surface area contributed by atoms with Crippen molar-refractivity contribution in [2.75, 3.05) is 0 Å². The van der Waals surface area contributed by atoms with Crippen LogP contribution >= 0.6 is 11.6 Å². The highest BCUT2D eigenvalue weighted by Crippen LogP contribution is 2.28. The van der Waals surface area contributed by atoms with Crippen LogP contribution in [0.4, 0.5) is 0 Å². The van der Waals surface area contributed by atoms with Gasteiger partial charge in [-0.15, -0.1) is 0 Å². The van der Waals surface area contributed by atoms with Crippen molar-refractivity contribution in [3.8, 4) is 11.1 Å². The van der Waals surface area contributed by atoms with Gasteiger partial charge in [0.25, 0.3) is 0 Å². The summed E-state index contributed by atoms with van der Waals surface area (Å²) in [6, 6.07) is 14.9. The van der Waals surface area contributed by atoms with Crippen molar-refractivity contribution < 1.29 is 4.42 Å². The van der Waals surface area contributed by atoms with E-state index >= 15 is 0 Å². The van der Waals surface area contributed by atoms with E-state index in [1.54, 1.807) is 18.2 Å². The van der Waals surface area contributed by atoms with Gasteiger partial charge in [-0.25, -0.2) is 4.79 Å². The van der Waals surface area contributed by atoms with Gasteiger partial charge >= 0.3 is 5.63 Å². The van der Waals surface area contributed by atoms with Crippen LogP contribution in [0.15, 0.2) is 64.0 Å². The zero-order valence-electron chi connectivity index (χ0n) is 9.39. The normalized spacial score (nSPS) is 10.7. The number of benzene rings is 2. The molecule has 0 saturated heterocycles. The molecular formula is C15H9ClO2. The van der Waals surface area contributed by atoms with Crippen LogP contribution in [0.2, 0.25) is 5.02 Å². The molecule has 0 amide bonds. The van der Waals surface area contributed by atoms with E-state index in [2.05, 4.69) is 0 Å². The second kappa shape index (κ2) is 4.31. The molecule has 0 radical (unpaired) electrons. The molecule has 0 fully saturated rings. The molecule has 3 aromatic rings. The molecule has 2 aromatic carbocycles. The van der Waals surface area contributed by atoms with Gasteiger partial charge in [0.05, 0.1) is 5.39 Å². The van der Waals surface area contributed by atoms with E-state index in [4.69, 9.17) is 16.0 Å². The van der Waals surface area contributed by atoms with Gasteiger partial charge in [-0.05, 0) is 23.8 Å². The monoisotopic (exact) mass is 256 g/mol. The van der Waals surface area contributed by atoms with E-state index in [1.165, 1.54) is 6.26 Å². The Balaban J connectivity index is 2.41. The van der Waals surface area contributed by atoms with Crippen LogP contribution < -0.4 is 5.63 Å². The quantitative estimate of drug-likeness (QED) is 0.656. The first-order chi connectivity index (χ1) is 8.75. The van der Waals surface area contributed by atoms with Gasteiger partial charge in [0.15, 0.2) is 0 Å². The second-order valence-electron chi connectivity index (χ2n) is 3.99. The van der Waals surface area contributed by atoms with E-state index in [1.807, 2.05) is 30.3 Å². The molecule has 0 saturated carbocycles. The molecule has 18 heavy (non-hydrogen) atoms. The van der Waals surface area contributed by atoms with Crippen molar-refractivity contribution >= 4 is 22.4 Å². The molecule has 2 nitrogen and oxygen atoms in total. The number of fused-ring (bicyclic) bond motifs is 1. The minimum Gasteiger partial charge on any atom is -0.430 e. The molecule has 0 aliphatic carbocycles. The van der Waals surface area contributed by atoms with Crippen LogP contribution in [0.1, 0.15) is 0 Å². The zero-order valence-corrected chi connectivity index (χ0v) is 10.1. The van der Waals surface area contributed by atoms with Gasteiger partial charge in [-0.3, -0.25) is 0 Å². The van der Waals surface area contributed by atoms with Crippen molar-refractivity contribution in [2.24, 2.45) is 0 Å². The molecule has 1 aromatic heterocycles. The first kappa shape index (κ1) is 11.1. The largest absolute Gasteiger partial charge is 0.430 e. The van der Waals surface area contributed by atoms with E-state index in [0.717, 1.165) is 16.5 Å². The molecule has 0 aliphatic heterocycles. The van der Waals surface area contributed by atoms with Crippen molar-refractivity contribution in [3.63, 3.8) is 0 Å². The van der Waals surface area contributed by atoms with E-state index in [-0.39, 0.29) is 5.63 Å². The lowest BCUT2D eigenvalue weighted by Crippen LogP contribution is -1.99. The molecular weight excluding hydrogens is 248 g/mol. The summed E-state index contributed by atoms with van der Waals surface area (Å²) in [6.07, 6.45) is 1.48. The first-order valence-electron chi connectivity index (χ1n) is 5.52. The Bertz CT molecular complexity index is 760. The Morgan fingerprint density at radius 1 is 0.944 bits per heavy atom. The van der Waals surface area contributed by atoms with E-state index in [0.29, 0.717) is 10.4 Å². The summed E-state index contributed by atoms with van der Waals surface area (Å²) in [6.45, 7) is 0. The van der Waals surface area contributed by atoms with Gasteiger partial charge < -0.3 is 4.42 Å². The molecule has 1 heterocycles. The minimum atomic E-state index is -0.346. The Morgan fingerprint density at radius 3 is 2.50 bits per heavy atom. The molecule has 0 bridgehead atoms. The summed E-state index contributed by atoms with van der Waals surface area (Å²) in [7, 11) is 0. The van der Waals surface area contributed by atoms with Crippen LogP contribution in [0, 0.1) is 0 Å². The topological polar surface area (TPSA) is 30.2 Å². The lowest BCUT2D eigenvalue weighted by molar-refractivity contribution is 0.521. The van der Waals surface area contributed by atoms with Crippen molar-refractivity contribution in [3.05, 3.63) is 70.2 Å². The van der Waals surface area contributed by atoms with Crippen LogP contribution in [0.5, 0.6) is 0 Å². The molecule has 88 valence electrons. The first-order valence-corrected chi connectivity index (χ1v) is 5.90. The van der Waals surface area contributed by atoms with E-state index in [9.17, 15) is 4.79 Å². The fraction of sp³-hybridized carbons (Fsp3) is 0. The lowest BCUT2D eigenvalue weighted by Gasteiger charge is -2.05. The average Bonchev–Trinajstić information content (AvgIpc) is 2.40. The highest BCUT2D eigenvalue weighted by Gasteiger charge is 2.08. The number of halogens is 1. The lowest BCUT2D eigenvalue weighted by atomic mass is 10.0. The molecule has 0 aliphatic rings. The second-order valence-corrected chi connectivity index (χ2v) is 4.43. The Kier molecular flexibility index (Phi) is 2.65. The number of hydrogen-bond acceptors (Lipinski definition) is 2. The van der Waals surface area contributed by atoms with Crippen LogP contribution in [-0.2, 0) is 0 Å². The predicted octanol–water partition coefficient (Wildman–Crippen LogP) is 4.11. The summed E-state index contributed by atoms with van der Waals surface area (Å²) in [5, 5.41) is 1.95. The van der Waals surface area contributed by atoms with Gasteiger partial charge in [-0.2, -0.15) is 0 Å². The molecule has 0 unspecified atom stereocenters. The minimum absolute atomic E-state index is 0.346. The SMILES string of the molecule is O=c1occ(-c2ccccc2)c2cc(Cl)ccc12. The smallest absolute Gasteiger partial charge is 0.343 e. The van der Waals surface area contributed by atoms with Crippen LogP contribution in [0.25, 0.3) is 21.9 Å². The Labute approximate surface area is 108 Å². The number of hydrogen-bond donors (Lipinski definition) is 0. The summed E-state index contributed by atoms with van der Waals surface area (Å²) in [5.74, 6) is 0. The van der Waals surface area contributed by atoms with Gasteiger partial charge in [-0.1, -0.05) is 41.9 Å². The maximum Gasteiger partial charge on any atom is 0.343 e. The van der Waals surface area contributed by atoms with Crippen LogP contribution in [-0.4, -0.2) is 0 Å². The molecule has 3 rings (SSSR count). The fourth-order valence-corrected chi connectivity index (χ4v) is 2.17. The summed E-state index contributed by atoms with van der Waals surface area (Å²) in [4.78, 5) is 11.7. The zero-order chi connectivity index (χ0) is 12.5. The van der Waals surface area contributed by atoms with Gasteiger partial charge in [0.2, 0.25) is 0 Å². The van der Waals surface area contributed by atoms with Crippen molar-refractivity contribution in [2.45, 2.75) is 0 Å². The third-order valence-corrected chi connectivity index (χ3v) is 3.10. The van der Waals surface area contributed by atoms with Gasteiger partial charge in [0, 0.05) is 16.0 Å². The fourth-order valence-electron chi connectivity index (χ4n) is 2.00. The maximum absolute atomic E-state index is 11.7. The third-order valence-electron chi connectivity index (χ3n) is 2.86. The molecule has 0 N–H and O–H groups in total. The van der Waals surface area contributed by atoms with Gasteiger partial charge in [0.1, 0.15) is 6.26 Å². The van der Waals surface area contributed by atoms with Crippen molar-refractivity contribution in [1.82, 2.24) is 0 Å². The average molecular weight is 257 g/mol. The van der Waals surface area contributed by atoms with Crippen molar-refractivity contribution in [1.29, 1.82) is 0 Å². The standard InChI is InChI=1S/C15H9ClO2/c16-11-6-7-12-13(8-11)14(9-18-15(12)17)10-4-2-1-3-5-10/h1-9H. The summed E-state index contributed by atoms with van der Waals surface area (Å²) >= 11 is 6.00. The number of rotatable bonds is 1. The highest BCUT2D eigenvalue weighted by molar-refractivity contribution is 6.31. The predicted molar refractivity (Wildman–Crippen MR) is 72.9 cm³/mol. The third kappa shape index (κ3) is 1.81.